The summed E-state index contributed by atoms with van der Waals surface area (Å²) in [6, 6.07) is 1.70. The van der Waals surface area contributed by atoms with Crippen molar-refractivity contribution in [1.82, 2.24) is 0 Å². The minimum atomic E-state index is -0.479. The van der Waals surface area contributed by atoms with Crippen molar-refractivity contribution in [3.8, 4) is 17.2 Å². The average molecular weight is 300 g/mol. The lowest BCUT2D eigenvalue weighted by atomic mass is 9.76. The summed E-state index contributed by atoms with van der Waals surface area (Å²) >= 11 is 6.31. The van der Waals surface area contributed by atoms with E-state index in [0.29, 0.717) is 22.3 Å². The predicted molar refractivity (Wildman–Crippen MR) is 80.1 cm³/mol. The summed E-state index contributed by atoms with van der Waals surface area (Å²) in [6.07, 6.45) is 5.18. The average Bonchev–Trinajstić information content (AvgIpc) is 2.46. The fraction of sp³-hybridized carbons (Fsp3) is 0.600. The summed E-state index contributed by atoms with van der Waals surface area (Å²) in [5.41, 5.74) is 7.00. The van der Waals surface area contributed by atoms with Crippen molar-refractivity contribution >= 4 is 11.6 Å². The first kappa shape index (κ1) is 15.3. The van der Waals surface area contributed by atoms with E-state index in [9.17, 15) is 0 Å². The summed E-state index contributed by atoms with van der Waals surface area (Å²) in [7, 11) is 4.80. The molecule has 1 aromatic carbocycles. The maximum absolute atomic E-state index is 6.65. The molecule has 1 saturated carbocycles. The van der Waals surface area contributed by atoms with Crippen LogP contribution < -0.4 is 19.9 Å². The Morgan fingerprint density at radius 3 is 2.10 bits per heavy atom. The van der Waals surface area contributed by atoms with Gasteiger partial charge >= 0.3 is 0 Å². The van der Waals surface area contributed by atoms with E-state index in [2.05, 4.69) is 0 Å². The topological polar surface area (TPSA) is 53.7 Å². The molecule has 0 saturated heterocycles. The van der Waals surface area contributed by atoms with Crippen LogP contribution in [0.15, 0.2) is 6.07 Å². The summed E-state index contributed by atoms with van der Waals surface area (Å²) < 4.78 is 16.4. The largest absolute Gasteiger partial charge is 0.495 e. The van der Waals surface area contributed by atoms with Crippen LogP contribution in [-0.2, 0) is 5.54 Å². The third-order valence-corrected chi connectivity index (χ3v) is 4.31. The minimum Gasteiger partial charge on any atom is -0.495 e. The molecule has 5 heteroatoms. The number of nitrogens with two attached hydrogens (primary N) is 1. The van der Waals surface area contributed by atoms with E-state index in [0.717, 1.165) is 31.2 Å². The normalized spacial score (nSPS) is 17.6. The van der Waals surface area contributed by atoms with Crippen molar-refractivity contribution in [2.45, 2.75) is 37.6 Å². The Balaban J connectivity index is 2.66. The molecule has 0 bridgehead atoms. The highest BCUT2D eigenvalue weighted by Gasteiger charge is 2.37. The Hall–Kier alpha value is -1.13. The van der Waals surface area contributed by atoms with Crippen LogP contribution in [0, 0.1) is 0 Å². The molecule has 4 nitrogen and oxygen atoms in total. The number of ether oxygens (including phenoxy) is 3. The third-order valence-electron chi connectivity index (χ3n) is 4.02. The van der Waals surface area contributed by atoms with Crippen molar-refractivity contribution in [1.29, 1.82) is 0 Å². The van der Waals surface area contributed by atoms with Gasteiger partial charge in [0, 0.05) is 11.6 Å². The molecule has 0 atom stereocenters. The molecular formula is C15H22ClNO3. The first-order chi connectivity index (χ1) is 9.57. The van der Waals surface area contributed by atoms with Gasteiger partial charge in [-0.25, -0.2) is 0 Å². The summed E-state index contributed by atoms with van der Waals surface area (Å²) in [4.78, 5) is 0. The molecule has 20 heavy (non-hydrogen) atoms. The van der Waals surface area contributed by atoms with Gasteiger partial charge < -0.3 is 19.9 Å². The summed E-state index contributed by atoms with van der Waals surface area (Å²) in [6.45, 7) is 0. The smallest absolute Gasteiger partial charge is 0.169 e. The maximum atomic E-state index is 6.65. The van der Waals surface area contributed by atoms with Gasteiger partial charge in [0.2, 0.25) is 0 Å². The van der Waals surface area contributed by atoms with Crippen molar-refractivity contribution in [2.75, 3.05) is 21.3 Å². The molecule has 0 amide bonds. The molecule has 2 N–H and O–H groups in total. The predicted octanol–water partition coefficient (Wildman–Crippen LogP) is 3.48. The van der Waals surface area contributed by atoms with Crippen LogP contribution >= 0.6 is 11.6 Å². The van der Waals surface area contributed by atoms with Gasteiger partial charge in [0.15, 0.2) is 11.5 Å². The molecule has 1 fully saturated rings. The van der Waals surface area contributed by atoms with Crippen LogP contribution in [0.2, 0.25) is 5.02 Å². The fourth-order valence-electron chi connectivity index (χ4n) is 3.03. The third kappa shape index (κ3) is 2.54. The lowest BCUT2D eigenvalue weighted by Crippen LogP contribution is -2.39. The van der Waals surface area contributed by atoms with E-state index in [1.807, 2.05) is 0 Å². The second-order valence-corrected chi connectivity index (χ2v) is 5.63. The number of hydrogen-bond donors (Lipinski definition) is 1. The van der Waals surface area contributed by atoms with Crippen LogP contribution in [0.3, 0.4) is 0 Å². The highest BCUT2D eigenvalue weighted by Crippen LogP contribution is 2.50. The number of benzene rings is 1. The highest BCUT2D eigenvalue weighted by molar-refractivity contribution is 6.32. The van der Waals surface area contributed by atoms with E-state index in [4.69, 9.17) is 31.5 Å². The van der Waals surface area contributed by atoms with Crippen LogP contribution in [0.5, 0.6) is 17.2 Å². The quantitative estimate of drug-likeness (QED) is 0.925. The summed E-state index contributed by atoms with van der Waals surface area (Å²) in [5, 5.41) is 0.496. The first-order valence-corrected chi connectivity index (χ1v) is 7.23. The van der Waals surface area contributed by atoms with Gasteiger partial charge in [0.05, 0.1) is 31.9 Å². The van der Waals surface area contributed by atoms with Gasteiger partial charge in [-0.05, 0) is 12.8 Å². The Morgan fingerprint density at radius 1 is 1.00 bits per heavy atom. The Bertz CT molecular complexity index is 484. The van der Waals surface area contributed by atoms with Crippen LogP contribution in [0.1, 0.15) is 37.7 Å². The second-order valence-electron chi connectivity index (χ2n) is 5.22. The molecule has 1 aromatic rings. The fourth-order valence-corrected chi connectivity index (χ4v) is 3.30. The van der Waals surface area contributed by atoms with E-state index in [1.54, 1.807) is 27.4 Å². The van der Waals surface area contributed by atoms with Crippen molar-refractivity contribution in [3.63, 3.8) is 0 Å². The van der Waals surface area contributed by atoms with Crippen LogP contribution in [-0.4, -0.2) is 21.3 Å². The lowest BCUT2D eigenvalue weighted by molar-refractivity contribution is 0.269. The van der Waals surface area contributed by atoms with Crippen LogP contribution in [0.25, 0.3) is 0 Å². The van der Waals surface area contributed by atoms with Crippen LogP contribution in [0.4, 0.5) is 0 Å². The minimum absolute atomic E-state index is 0.479. The number of halogens is 1. The molecule has 0 spiro atoms. The Labute approximate surface area is 125 Å². The lowest BCUT2D eigenvalue weighted by Gasteiger charge is -2.36. The Morgan fingerprint density at radius 2 is 1.60 bits per heavy atom. The molecule has 0 unspecified atom stereocenters. The van der Waals surface area contributed by atoms with Gasteiger partial charge in [0.25, 0.3) is 0 Å². The second kappa shape index (κ2) is 6.10. The zero-order valence-electron chi connectivity index (χ0n) is 12.3. The van der Waals surface area contributed by atoms with Crippen molar-refractivity contribution < 1.29 is 14.2 Å². The van der Waals surface area contributed by atoms with E-state index < -0.39 is 5.54 Å². The van der Waals surface area contributed by atoms with Crippen molar-refractivity contribution in [3.05, 3.63) is 16.7 Å². The molecule has 1 aliphatic carbocycles. The standard InChI is InChI=1S/C15H22ClNO3/c1-18-11-9-10(16)13(19-2)12(14(11)20-3)15(17)7-5-4-6-8-15/h9H,4-8,17H2,1-3H3. The zero-order chi connectivity index (χ0) is 14.8. The molecule has 0 aliphatic heterocycles. The van der Waals surface area contributed by atoms with Gasteiger partial charge in [-0.15, -0.1) is 0 Å². The number of hydrogen-bond acceptors (Lipinski definition) is 4. The monoisotopic (exact) mass is 299 g/mol. The molecule has 112 valence electrons. The number of rotatable bonds is 4. The first-order valence-electron chi connectivity index (χ1n) is 6.85. The van der Waals surface area contributed by atoms with E-state index in [-0.39, 0.29) is 0 Å². The molecule has 2 rings (SSSR count). The molecule has 0 aromatic heterocycles. The Kier molecular flexibility index (Phi) is 4.66. The van der Waals surface area contributed by atoms with E-state index in [1.165, 1.54) is 6.42 Å². The maximum Gasteiger partial charge on any atom is 0.169 e. The highest BCUT2D eigenvalue weighted by atomic mass is 35.5. The number of methoxy groups -OCH3 is 3. The van der Waals surface area contributed by atoms with Gasteiger partial charge in [-0.1, -0.05) is 30.9 Å². The molecule has 0 heterocycles. The summed E-state index contributed by atoms with van der Waals surface area (Å²) in [5.74, 6) is 1.80. The molecular weight excluding hydrogens is 278 g/mol. The SMILES string of the molecule is COc1cc(Cl)c(OC)c(C2(N)CCCCC2)c1OC. The molecule has 0 radical (unpaired) electrons. The van der Waals surface area contributed by atoms with Gasteiger partial charge in [0.1, 0.15) is 5.75 Å². The van der Waals surface area contributed by atoms with E-state index >= 15 is 0 Å². The molecule has 1 aliphatic rings. The van der Waals surface area contributed by atoms with Crippen molar-refractivity contribution in [2.24, 2.45) is 5.73 Å². The van der Waals surface area contributed by atoms with Gasteiger partial charge in [-0.3, -0.25) is 0 Å². The van der Waals surface area contributed by atoms with Gasteiger partial charge in [-0.2, -0.15) is 0 Å². The zero-order valence-corrected chi connectivity index (χ0v) is 13.0.